The standard InChI is InChI=1S/C11H17N3O/c1-9-3-2-4-11(7-9)14(13)8-10(12)5-6-15/h2-4,7-8,15H,5-6,12-13H2,1H3/b10-8-. The van der Waals surface area contributed by atoms with Crippen LogP contribution in [0.3, 0.4) is 0 Å². The average molecular weight is 207 g/mol. The molecule has 1 aromatic carbocycles. The van der Waals surface area contributed by atoms with Crippen LogP contribution in [0.2, 0.25) is 0 Å². The van der Waals surface area contributed by atoms with Crippen molar-refractivity contribution in [1.82, 2.24) is 0 Å². The molecule has 0 saturated carbocycles. The summed E-state index contributed by atoms with van der Waals surface area (Å²) in [4.78, 5) is 0. The second kappa shape index (κ2) is 5.38. The molecular formula is C11H17N3O. The summed E-state index contributed by atoms with van der Waals surface area (Å²) in [5.41, 5.74) is 8.20. The second-order valence-electron chi connectivity index (χ2n) is 3.42. The van der Waals surface area contributed by atoms with Crippen molar-refractivity contribution in [2.24, 2.45) is 11.6 Å². The maximum Gasteiger partial charge on any atom is 0.0571 e. The second-order valence-corrected chi connectivity index (χ2v) is 3.42. The predicted molar refractivity (Wildman–Crippen MR) is 61.8 cm³/mol. The molecule has 4 heteroatoms. The molecule has 0 saturated heterocycles. The van der Waals surface area contributed by atoms with Crippen molar-refractivity contribution in [2.75, 3.05) is 11.6 Å². The smallest absolute Gasteiger partial charge is 0.0571 e. The quantitative estimate of drug-likeness (QED) is 0.505. The molecule has 0 aliphatic rings. The number of hydrazine groups is 1. The highest BCUT2D eigenvalue weighted by Gasteiger charge is 1.99. The van der Waals surface area contributed by atoms with Gasteiger partial charge in [0.1, 0.15) is 0 Å². The van der Waals surface area contributed by atoms with Gasteiger partial charge in [-0.05, 0) is 24.6 Å². The van der Waals surface area contributed by atoms with Crippen molar-refractivity contribution in [3.05, 3.63) is 41.7 Å². The highest BCUT2D eigenvalue weighted by molar-refractivity contribution is 5.49. The maximum atomic E-state index is 8.68. The Labute approximate surface area is 89.8 Å². The number of aryl methyl sites for hydroxylation is 1. The van der Waals surface area contributed by atoms with Gasteiger partial charge in [-0.2, -0.15) is 0 Å². The molecule has 82 valence electrons. The van der Waals surface area contributed by atoms with Gasteiger partial charge in [-0.3, -0.25) is 5.01 Å². The van der Waals surface area contributed by atoms with Gasteiger partial charge in [-0.1, -0.05) is 12.1 Å². The lowest BCUT2D eigenvalue weighted by atomic mass is 10.2. The summed E-state index contributed by atoms with van der Waals surface area (Å²) in [6, 6.07) is 7.79. The molecule has 0 fully saturated rings. The fraction of sp³-hybridized carbons (Fsp3) is 0.273. The van der Waals surface area contributed by atoms with Crippen LogP contribution in [0.4, 0.5) is 5.69 Å². The SMILES string of the molecule is Cc1cccc(N(N)/C=C(\N)CCO)c1. The van der Waals surface area contributed by atoms with E-state index in [4.69, 9.17) is 16.7 Å². The number of hydrogen-bond donors (Lipinski definition) is 3. The molecule has 15 heavy (non-hydrogen) atoms. The van der Waals surface area contributed by atoms with E-state index in [0.29, 0.717) is 12.1 Å². The van der Waals surface area contributed by atoms with Gasteiger partial charge < -0.3 is 10.8 Å². The van der Waals surface area contributed by atoms with E-state index < -0.39 is 0 Å². The summed E-state index contributed by atoms with van der Waals surface area (Å²) in [5, 5.41) is 10.1. The molecule has 0 radical (unpaired) electrons. The highest BCUT2D eigenvalue weighted by atomic mass is 16.3. The van der Waals surface area contributed by atoms with Gasteiger partial charge in [0.05, 0.1) is 5.69 Å². The number of rotatable bonds is 4. The molecule has 0 unspecified atom stereocenters. The molecule has 0 spiro atoms. The number of aliphatic hydroxyl groups is 1. The normalized spacial score (nSPS) is 11.5. The fourth-order valence-electron chi connectivity index (χ4n) is 1.24. The molecule has 1 aromatic rings. The molecule has 0 aliphatic heterocycles. The molecule has 1 rings (SSSR count). The Morgan fingerprint density at radius 1 is 1.53 bits per heavy atom. The van der Waals surface area contributed by atoms with Gasteiger partial charge >= 0.3 is 0 Å². The average Bonchev–Trinajstić information content (AvgIpc) is 2.18. The number of benzene rings is 1. The number of anilines is 1. The number of aliphatic hydroxyl groups excluding tert-OH is 1. The zero-order valence-corrected chi connectivity index (χ0v) is 8.85. The first-order valence-corrected chi connectivity index (χ1v) is 4.81. The summed E-state index contributed by atoms with van der Waals surface area (Å²) < 4.78 is 0. The third kappa shape index (κ3) is 3.61. The molecule has 0 heterocycles. The maximum absolute atomic E-state index is 8.68. The van der Waals surface area contributed by atoms with Crippen LogP contribution >= 0.6 is 0 Å². The number of hydrogen-bond acceptors (Lipinski definition) is 4. The summed E-state index contributed by atoms with van der Waals surface area (Å²) in [5.74, 6) is 5.79. The van der Waals surface area contributed by atoms with Crippen molar-refractivity contribution in [3.8, 4) is 0 Å². The van der Waals surface area contributed by atoms with Crippen molar-refractivity contribution in [2.45, 2.75) is 13.3 Å². The van der Waals surface area contributed by atoms with E-state index in [-0.39, 0.29) is 6.61 Å². The molecule has 0 aliphatic carbocycles. The van der Waals surface area contributed by atoms with E-state index in [9.17, 15) is 0 Å². The minimum absolute atomic E-state index is 0.0317. The third-order valence-corrected chi connectivity index (χ3v) is 2.01. The number of nitrogens with two attached hydrogens (primary N) is 2. The predicted octanol–water partition coefficient (Wildman–Crippen LogP) is 0.858. The van der Waals surface area contributed by atoms with Gasteiger partial charge in [0.15, 0.2) is 0 Å². The van der Waals surface area contributed by atoms with Crippen LogP contribution in [-0.4, -0.2) is 11.7 Å². The minimum atomic E-state index is 0.0317. The molecule has 5 N–H and O–H groups in total. The Balaban J connectivity index is 2.76. The summed E-state index contributed by atoms with van der Waals surface area (Å²) in [6.07, 6.45) is 2.05. The van der Waals surface area contributed by atoms with Gasteiger partial charge in [-0.15, -0.1) is 0 Å². The van der Waals surface area contributed by atoms with Gasteiger partial charge in [0, 0.05) is 24.9 Å². The van der Waals surface area contributed by atoms with E-state index in [1.807, 2.05) is 31.2 Å². The van der Waals surface area contributed by atoms with E-state index in [2.05, 4.69) is 0 Å². The molecule has 0 bridgehead atoms. The molecule has 0 aromatic heterocycles. The van der Waals surface area contributed by atoms with Crippen LogP contribution in [0, 0.1) is 6.92 Å². The first kappa shape index (κ1) is 11.6. The van der Waals surface area contributed by atoms with Crippen molar-refractivity contribution in [3.63, 3.8) is 0 Å². The topological polar surface area (TPSA) is 75.5 Å². The van der Waals surface area contributed by atoms with Crippen LogP contribution in [0.1, 0.15) is 12.0 Å². The molecule has 0 amide bonds. The lowest BCUT2D eigenvalue weighted by Gasteiger charge is -2.15. The minimum Gasteiger partial charge on any atom is -0.401 e. The zero-order chi connectivity index (χ0) is 11.3. The lowest BCUT2D eigenvalue weighted by Crippen LogP contribution is -2.26. The Kier molecular flexibility index (Phi) is 4.15. The van der Waals surface area contributed by atoms with Crippen molar-refractivity contribution >= 4 is 5.69 Å². The van der Waals surface area contributed by atoms with Gasteiger partial charge in [0.25, 0.3) is 0 Å². The molecule has 0 atom stereocenters. The number of nitrogens with zero attached hydrogens (tertiary/aromatic N) is 1. The van der Waals surface area contributed by atoms with E-state index in [1.165, 1.54) is 5.01 Å². The Bertz CT molecular complexity index is 349. The lowest BCUT2D eigenvalue weighted by molar-refractivity contribution is 0.298. The summed E-state index contributed by atoms with van der Waals surface area (Å²) in [7, 11) is 0. The fourth-order valence-corrected chi connectivity index (χ4v) is 1.24. The Hall–Kier alpha value is -1.52. The first-order chi connectivity index (χ1) is 7.13. The van der Waals surface area contributed by atoms with Crippen molar-refractivity contribution in [1.29, 1.82) is 0 Å². The van der Waals surface area contributed by atoms with Crippen LogP contribution < -0.4 is 16.6 Å². The van der Waals surface area contributed by atoms with Gasteiger partial charge in [-0.25, -0.2) is 5.84 Å². The summed E-state index contributed by atoms with van der Waals surface area (Å²) in [6.45, 7) is 2.03. The van der Waals surface area contributed by atoms with Crippen LogP contribution in [0.25, 0.3) is 0 Å². The third-order valence-electron chi connectivity index (χ3n) is 2.01. The Morgan fingerprint density at radius 3 is 2.87 bits per heavy atom. The largest absolute Gasteiger partial charge is 0.401 e. The highest BCUT2D eigenvalue weighted by Crippen LogP contribution is 2.13. The molecular weight excluding hydrogens is 190 g/mol. The van der Waals surface area contributed by atoms with Crippen LogP contribution in [-0.2, 0) is 0 Å². The van der Waals surface area contributed by atoms with Crippen molar-refractivity contribution < 1.29 is 5.11 Å². The molecule has 4 nitrogen and oxygen atoms in total. The van der Waals surface area contributed by atoms with E-state index in [0.717, 1.165) is 11.3 Å². The van der Waals surface area contributed by atoms with Gasteiger partial charge in [0.2, 0.25) is 0 Å². The van der Waals surface area contributed by atoms with E-state index >= 15 is 0 Å². The van der Waals surface area contributed by atoms with Crippen LogP contribution in [0.5, 0.6) is 0 Å². The monoisotopic (exact) mass is 207 g/mol. The summed E-state index contributed by atoms with van der Waals surface area (Å²) >= 11 is 0. The van der Waals surface area contributed by atoms with Crippen LogP contribution in [0.15, 0.2) is 36.2 Å². The Morgan fingerprint density at radius 2 is 2.27 bits per heavy atom. The first-order valence-electron chi connectivity index (χ1n) is 4.81. The van der Waals surface area contributed by atoms with E-state index in [1.54, 1.807) is 6.20 Å². The zero-order valence-electron chi connectivity index (χ0n) is 8.85.